The van der Waals surface area contributed by atoms with E-state index in [1.54, 1.807) is 6.92 Å². The van der Waals surface area contributed by atoms with Crippen LogP contribution in [0.4, 0.5) is 0 Å². The molecule has 1 aliphatic rings. The number of carbonyl (C=O) groups is 1. The van der Waals surface area contributed by atoms with Gasteiger partial charge in [-0.25, -0.2) is 4.84 Å². The molecule has 80 valence electrons. The number of halogens is 1. The SMILES string of the molecule is C[C@H](NCl)C(=O)N1CCC[C@H]1B(O)O. The highest BCUT2D eigenvalue weighted by atomic mass is 35.5. The first-order chi connectivity index (χ1) is 6.57. The van der Waals surface area contributed by atoms with E-state index in [0.717, 1.165) is 6.42 Å². The second-order valence-corrected chi connectivity index (χ2v) is 3.70. The van der Waals surface area contributed by atoms with Crippen LogP contribution in [0.5, 0.6) is 0 Å². The van der Waals surface area contributed by atoms with Gasteiger partial charge in [-0.15, -0.1) is 0 Å². The van der Waals surface area contributed by atoms with Crippen molar-refractivity contribution < 1.29 is 14.8 Å². The Balaban J connectivity index is 2.62. The van der Waals surface area contributed by atoms with Crippen molar-refractivity contribution in [3.8, 4) is 0 Å². The summed E-state index contributed by atoms with van der Waals surface area (Å²) in [5.41, 5.74) is 0. The number of amides is 1. The van der Waals surface area contributed by atoms with Gasteiger partial charge in [-0.05, 0) is 31.5 Å². The van der Waals surface area contributed by atoms with Crippen LogP contribution in [0.15, 0.2) is 0 Å². The van der Waals surface area contributed by atoms with Crippen molar-refractivity contribution in [2.24, 2.45) is 0 Å². The van der Waals surface area contributed by atoms with Crippen LogP contribution in [0.25, 0.3) is 0 Å². The van der Waals surface area contributed by atoms with Crippen LogP contribution in [-0.4, -0.2) is 46.5 Å². The maximum atomic E-state index is 11.6. The standard InChI is InChI=1S/C7H14BClN2O3/c1-5(10-9)7(12)11-4-2-3-6(11)8(13)14/h5-6,10,13-14H,2-4H2,1H3/t5-,6-/m0/s1. The number of nitrogens with one attached hydrogen (secondary N) is 1. The monoisotopic (exact) mass is 220 g/mol. The molecule has 7 heteroatoms. The van der Waals surface area contributed by atoms with E-state index in [-0.39, 0.29) is 5.91 Å². The summed E-state index contributed by atoms with van der Waals surface area (Å²) in [6.45, 7) is 2.19. The topological polar surface area (TPSA) is 72.8 Å². The van der Waals surface area contributed by atoms with E-state index in [9.17, 15) is 4.79 Å². The quantitative estimate of drug-likeness (QED) is 0.427. The van der Waals surface area contributed by atoms with Crippen molar-refractivity contribution >= 4 is 24.8 Å². The maximum Gasteiger partial charge on any atom is 0.475 e. The largest absolute Gasteiger partial charge is 0.475 e. The van der Waals surface area contributed by atoms with Gasteiger partial charge in [0.05, 0.1) is 12.0 Å². The van der Waals surface area contributed by atoms with E-state index in [2.05, 4.69) is 4.84 Å². The summed E-state index contributed by atoms with van der Waals surface area (Å²) in [6, 6.07) is -0.504. The summed E-state index contributed by atoms with van der Waals surface area (Å²) in [4.78, 5) is 15.4. The number of rotatable bonds is 3. The third kappa shape index (κ3) is 2.39. The summed E-state index contributed by atoms with van der Waals surface area (Å²) in [7, 11) is -1.47. The lowest BCUT2D eigenvalue weighted by molar-refractivity contribution is -0.132. The molecule has 1 aliphatic heterocycles. The van der Waals surface area contributed by atoms with Crippen molar-refractivity contribution in [3.63, 3.8) is 0 Å². The number of carbonyl (C=O) groups excluding carboxylic acids is 1. The fourth-order valence-electron chi connectivity index (χ4n) is 1.67. The Kier molecular flexibility index (Phi) is 4.19. The summed E-state index contributed by atoms with van der Waals surface area (Å²) in [5.74, 6) is -0.689. The molecule has 3 N–H and O–H groups in total. The molecule has 0 spiro atoms. The van der Waals surface area contributed by atoms with Crippen LogP contribution in [-0.2, 0) is 4.79 Å². The molecule has 2 atom stereocenters. The van der Waals surface area contributed by atoms with E-state index in [0.29, 0.717) is 13.0 Å². The third-order valence-corrected chi connectivity index (χ3v) is 2.79. The zero-order chi connectivity index (χ0) is 10.7. The number of hydrogen-bond donors (Lipinski definition) is 3. The minimum atomic E-state index is -1.47. The first kappa shape index (κ1) is 11.8. The van der Waals surface area contributed by atoms with Gasteiger partial charge in [-0.3, -0.25) is 4.79 Å². The molecule has 1 rings (SSSR count). The van der Waals surface area contributed by atoms with Gasteiger partial charge in [-0.1, -0.05) is 0 Å². The maximum absolute atomic E-state index is 11.6. The van der Waals surface area contributed by atoms with Gasteiger partial charge >= 0.3 is 7.12 Å². The molecular formula is C7H14BClN2O3. The molecule has 0 radical (unpaired) electrons. The van der Waals surface area contributed by atoms with Crippen molar-refractivity contribution in [1.29, 1.82) is 0 Å². The zero-order valence-corrected chi connectivity index (χ0v) is 8.74. The molecule has 1 saturated heterocycles. The molecule has 0 aromatic rings. The van der Waals surface area contributed by atoms with E-state index in [1.807, 2.05) is 0 Å². The van der Waals surface area contributed by atoms with Crippen LogP contribution in [0.2, 0.25) is 0 Å². The third-order valence-electron chi connectivity index (χ3n) is 2.46. The van der Waals surface area contributed by atoms with Gasteiger partial charge in [-0.2, -0.15) is 0 Å². The Morgan fingerprint density at radius 2 is 2.36 bits per heavy atom. The van der Waals surface area contributed by atoms with Crippen molar-refractivity contribution in [2.45, 2.75) is 31.7 Å². The lowest BCUT2D eigenvalue weighted by Gasteiger charge is -2.26. The molecule has 14 heavy (non-hydrogen) atoms. The summed E-state index contributed by atoms with van der Waals surface area (Å²) in [6.07, 6.45) is 1.42. The fourth-order valence-corrected chi connectivity index (χ4v) is 1.76. The predicted molar refractivity (Wildman–Crippen MR) is 53.4 cm³/mol. The molecular weight excluding hydrogens is 206 g/mol. The molecule has 0 unspecified atom stereocenters. The first-order valence-electron chi connectivity index (χ1n) is 4.60. The second kappa shape index (κ2) is 4.98. The zero-order valence-electron chi connectivity index (χ0n) is 7.98. The average Bonchev–Trinajstić information content (AvgIpc) is 2.63. The van der Waals surface area contributed by atoms with Gasteiger partial charge in [0.2, 0.25) is 5.91 Å². The molecule has 0 aliphatic carbocycles. The summed E-state index contributed by atoms with van der Waals surface area (Å²) >= 11 is 5.33. The van der Waals surface area contributed by atoms with Gasteiger partial charge in [0.25, 0.3) is 0 Å². The summed E-state index contributed by atoms with van der Waals surface area (Å²) in [5, 5.41) is 18.1. The van der Waals surface area contributed by atoms with Crippen LogP contribution in [0.3, 0.4) is 0 Å². The number of nitrogens with zero attached hydrogens (tertiary/aromatic N) is 1. The van der Waals surface area contributed by atoms with Crippen LogP contribution in [0.1, 0.15) is 19.8 Å². The van der Waals surface area contributed by atoms with Gasteiger partial charge in [0, 0.05) is 6.54 Å². The Hall–Kier alpha value is -0.295. The lowest BCUT2D eigenvalue weighted by Crippen LogP contribution is -2.50. The van der Waals surface area contributed by atoms with Crippen LogP contribution < -0.4 is 4.84 Å². The molecule has 1 heterocycles. The van der Waals surface area contributed by atoms with Gasteiger partial charge in [0.1, 0.15) is 0 Å². The Morgan fingerprint density at radius 3 is 2.86 bits per heavy atom. The second-order valence-electron chi connectivity index (χ2n) is 3.49. The molecule has 0 aromatic heterocycles. The van der Waals surface area contributed by atoms with E-state index in [4.69, 9.17) is 21.8 Å². The minimum Gasteiger partial charge on any atom is -0.426 e. The smallest absolute Gasteiger partial charge is 0.426 e. The van der Waals surface area contributed by atoms with E-state index < -0.39 is 19.1 Å². The van der Waals surface area contributed by atoms with Crippen LogP contribution in [0, 0.1) is 0 Å². The summed E-state index contributed by atoms with van der Waals surface area (Å²) < 4.78 is 0. The fraction of sp³-hybridized carbons (Fsp3) is 0.857. The molecule has 1 fully saturated rings. The first-order valence-corrected chi connectivity index (χ1v) is 4.98. The van der Waals surface area contributed by atoms with E-state index >= 15 is 0 Å². The van der Waals surface area contributed by atoms with Gasteiger partial charge < -0.3 is 14.9 Å². The molecule has 0 aromatic carbocycles. The number of hydrogen-bond acceptors (Lipinski definition) is 4. The van der Waals surface area contributed by atoms with Crippen molar-refractivity contribution in [1.82, 2.24) is 9.74 Å². The Bertz CT molecular complexity index is 217. The van der Waals surface area contributed by atoms with Gasteiger partial charge in [0.15, 0.2) is 0 Å². The Morgan fingerprint density at radius 1 is 1.71 bits per heavy atom. The molecule has 0 saturated carbocycles. The minimum absolute atomic E-state index is 0.199. The average molecular weight is 220 g/mol. The van der Waals surface area contributed by atoms with E-state index in [1.165, 1.54) is 4.90 Å². The van der Waals surface area contributed by atoms with Crippen LogP contribution >= 0.6 is 11.8 Å². The van der Waals surface area contributed by atoms with Crippen molar-refractivity contribution in [3.05, 3.63) is 0 Å². The molecule has 1 amide bonds. The van der Waals surface area contributed by atoms with Crippen molar-refractivity contribution in [2.75, 3.05) is 6.54 Å². The number of likely N-dealkylation sites (tertiary alicyclic amines) is 1. The highest BCUT2D eigenvalue weighted by Gasteiger charge is 2.37. The normalized spacial score (nSPS) is 23.7. The Labute approximate surface area is 88.3 Å². The highest BCUT2D eigenvalue weighted by molar-refractivity contribution is 6.43. The highest BCUT2D eigenvalue weighted by Crippen LogP contribution is 2.18. The predicted octanol–water partition coefficient (Wildman–Crippen LogP) is -0.879. The molecule has 5 nitrogen and oxygen atoms in total. The lowest BCUT2D eigenvalue weighted by atomic mass is 9.78. The molecule has 0 bridgehead atoms.